The summed E-state index contributed by atoms with van der Waals surface area (Å²) in [7, 11) is 0. The zero-order valence-electron chi connectivity index (χ0n) is 11.7. The Labute approximate surface area is 133 Å². The first-order valence-corrected chi connectivity index (χ1v) is 7.24. The van der Waals surface area contributed by atoms with E-state index in [1.54, 1.807) is 18.3 Å². The van der Waals surface area contributed by atoms with Crippen molar-refractivity contribution in [1.29, 1.82) is 0 Å². The number of hydrogen-bond donors (Lipinski definition) is 2. The van der Waals surface area contributed by atoms with Gasteiger partial charge in [-0.25, -0.2) is 0 Å². The third-order valence-corrected chi connectivity index (χ3v) is 3.55. The van der Waals surface area contributed by atoms with Crippen LogP contribution < -0.4 is 10.6 Å². The summed E-state index contributed by atoms with van der Waals surface area (Å²) in [6.45, 7) is 0.140. The maximum absolute atomic E-state index is 12.0. The first-order chi connectivity index (χ1) is 10.7. The fraction of sp³-hybridized carbons (Fsp3) is 0.0588. The lowest BCUT2D eigenvalue weighted by Crippen LogP contribution is -2.22. The lowest BCUT2D eigenvalue weighted by atomic mass is 10.2. The summed E-state index contributed by atoms with van der Waals surface area (Å²) in [5.41, 5.74) is 2.27. The molecule has 5 heteroatoms. The highest BCUT2D eigenvalue weighted by Crippen LogP contribution is 2.21. The van der Waals surface area contributed by atoms with Crippen LogP contribution in [0.4, 0.5) is 11.4 Å². The summed E-state index contributed by atoms with van der Waals surface area (Å²) in [6, 6.07) is 16.8. The average molecular weight is 312 g/mol. The van der Waals surface area contributed by atoms with Gasteiger partial charge in [0.1, 0.15) is 0 Å². The molecule has 0 atom stereocenters. The third kappa shape index (κ3) is 3.18. The molecule has 0 aliphatic heterocycles. The highest BCUT2D eigenvalue weighted by molar-refractivity contribution is 6.33. The molecule has 2 N–H and O–H groups in total. The van der Waals surface area contributed by atoms with Crippen molar-refractivity contribution in [3.8, 4) is 0 Å². The summed E-state index contributed by atoms with van der Waals surface area (Å²) in [4.78, 5) is 16.4. The quantitative estimate of drug-likeness (QED) is 0.767. The van der Waals surface area contributed by atoms with Gasteiger partial charge in [-0.15, -0.1) is 0 Å². The fourth-order valence-corrected chi connectivity index (χ4v) is 2.36. The molecule has 0 aliphatic carbocycles. The number of carbonyl (C=O) groups is 1. The lowest BCUT2D eigenvalue weighted by molar-refractivity contribution is -0.114. The van der Waals surface area contributed by atoms with Crippen molar-refractivity contribution in [2.75, 3.05) is 17.2 Å². The molecule has 0 spiro atoms. The van der Waals surface area contributed by atoms with Gasteiger partial charge in [-0.05, 0) is 24.3 Å². The Hall–Kier alpha value is -2.59. The first kappa shape index (κ1) is 14.4. The number of amides is 1. The van der Waals surface area contributed by atoms with Crippen LogP contribution in [0.1, 0.15) is 0 Å². The Bertz CT molecular complexity index is 814. The highest BCUT2D eigenvalue weighted by Gasteiger charge is 2.07. The Morgan fingerprint density at radius 2 is 1.77 bits per heavy atom. The minimum Gasteiger partial charge on any atom is -0.374 e. The number of carbonyl (C=O) groups excluding carboxylic acids is 1. The largest absolute Gasteiger partial charge is 0.374 e. The van der Waals surface area contributed by atoms with Gasteiger partial charge in [0.25, 0.3) is 0 Å². The van der Waals surface area contributed by atoms with Crippen molar-refractivity contribution in [3.63, 3.8) is 0 Å². The summed E-state index contributed by atoms with van der Waals surface area (Å²) < 4.78 is 0. The van der Waals surface area contributed by atoms with Crippen molar-refractivity contribution in [1.82, 2.24) is 4.98 Å². The lowest BCUT2D eigenvalue weighted by Gasteiger charge is -2.10. The standard InChI is InChI=1S/C17H14ClN3O/c18-13-7-1-2-8-14(13)21-16(22)11-20-15-9-3-5-12-6-4-10-19-17(12)15/h1-10,20H,11H2,(H,21,22). The van der Waals surface area contributed by atoms with Gasteiger partial charge in [-0.3, -0.25) is 9.78 Å². The monoisotopic (exact) mass is 311 g/mol. The van der Waals surface area contributed by atoms with Crippen LogP contribution in [0.25, 0.3) is 10.9 Å². The number of benzene rings is 2. The minimum absolute atomic E-state index is 0.140. The molecule has 1 amide bonds. The van der Waals surface area contributed by atoms with Crippen molar-refractivity contribution in [2.45, 2.75) is 0 Å². The molecule has 0 saturated carbocycles. The molecule has 4 nitrogen and oxygen atoms in total. The molecule has 0 saturated heterocycles. The Kier molecular flexibility index (Phi) is 4.21. The van der Waals surface area contributed by atoms with Crippen LogP contribution in [-0.4, -0.2) is 17.4 Å². The highest BCUT2D eigenvalue weighted by atomic mass is 35.5. The van der Waals surface area contributed by atoms with Crippen LogP contribution in [0.2, 0.25) is 5.02 Å². The van der Waals surface area contributed by atoms with E-state index in [1.165, 1.54) is 0 Å². The zero-order valence-corrected chi connectivity index (χ0v) is 12.5. The van der Waals surface area contributed by atoms with Crippen LogP contribution >= 0.6 is 11.6 Å². The summed E-state index contributed by atoms with van der Waals surface area (Å²) in [5.74, 6) is -0.166. The van der Waals surface area contributed by atoms with Gasteiger partial charge in [-0.1, -0.05) is 41.9 Å². The Morgan fingerprint density at radius 3 is 2.64 bits per heavy atom. The second kappa shape index (κ2) is 6.45. The van der Waals surface area contributed by atoms with E-state index in [0.717, 1.165) is 16.6 Å². The Morgan fingerprint density at radius 1 is 1.00 bits per heavy atom. The molecule has 0 radical (unpaired) electrons. The number of pyridine rings is 1. The second-order valence-electron chi connectivity index (χ2n) is 4.76. The summed E-state index contributed by atoms with van der Waals surface area (Å²) in [6.07, 6.45) is 1.73. The number of nitrogens with one attached hydrogen (secondary N) is 2. The summed E-state index contributed by atoms with van der Waals surface area (Å²) in [5, 5.41) is 7.43. The number of para-hydroxylation sites is 2. The third-order valence-electron chi connectivity index (χ3n) is 3.22. The normalized spacial score (nSPS) is 10.4. The predicted octanol–water partition coefficient (Wildman–Crippen LogP) is 3.94. The SMILES string of the molecule is O=C(CNc1cccc2cccnc12)Nc1ccccc1Cl. The number of rotatable bonds is 4. The number of nitrogens with zero attached hydrogens (tertiary/aromatic N) is 1. The van der Waals surface area contributed by atoms with E-state index in [-0.39, 0.29) is 12.5 Å². The molecule has 0 aliphatic rings. The van der Waals surface area contributed by atoms with Crippen LogP contribution in [0.3, 0.4) is 0 Å². The molecule has 0 unspecified atom stereocenters. The van der Waals surface area contributed by atoms with Gasteiger partial charge in [0, 0.05) is 11.6 Å². The minimum atomic E-state index is -0.166. The number of aromatic nitrogens is 1. The van der Waals surface area contributed by atoms with Crippen LogP contribution in [-0.2, 0) is 4.79 Å². The van der Waals surface area contributed by atoms with Gasteiger partial charge >= 0.3 is 0 Å². The van der Waals surface area contributed by atoms with Crippen LogP contribution in [0.15, 0.2) is 60.8 Å². The topological polar surface area (TPSA) is 54.0 Å². The molecule has 1 heterocycles. The maximum atomic E-state index is 12.0. The molecule has 0 fully saturated rings. The molecular weight excluding hydrogens is 298 g/mol. The van der Waals surface area contributed by atoms with E-state index in [2.05, 4.69) is 15.6 Å². The van der Waals surface area contributed by atoms with E-state index in [0.29, 0.717) is 10.7 Å². The molecular formula is C17H14ClN3O. The molecule has 110 valence electrons. The van der Waals surface area contributed by atoms with Crippen LogP contribution in [0, 0.1) is 0 Å². The van der Waals surface area contributed by atoms with E-state index in [4.69, 9.17) is 11.6 Å². The first-order valence-electron chi connectivity index (χ1n) is 6.86. The smallest absolute Gasteiger partial charge is 0.243 e. The van der Waals surface area contributed by atoms with Crippen LogP contribution in [0.5, 0.6) is 0 Å². The van der Waals surface area contributed by atoms with Gasteiger partial charge < -0.3 is 10.6 Å². The number of hydrogen-bond acceptors (Lipinski definition) is 3. The maximum Gasteiger partial charge on any atom is 0.243 e. The number of fused-ring (bicyclic) bond motifs is 1. The van der Waals surface area contributed by atoms with Crippen molar-refractivity contribution in [3.05, 3.63) is 65.8 Å². The fourth-order valence-electron chi connectivity index (χ4n) is 2.18. The molecule has 1 aromatic heterocycles. The average Bonchev–Trinajstić information content (AvgIpc) is 2.55. The van der Waals surface area contributed by atoms with Gasteiger partial charge in [0.05, 0.1) is 28.5 Å². The number of halogens is 1. The molecule has 2 aromatic carbocycles. The van der Waals surface area contributed by atoms with E-state index in [1.807, 2.05) is 42.5 Å². The van der Waals surface area contributed by atoms with Crippen molar-refractivity contribution >= 4 is 39.8 Å². The zero-order chi connectivity index (χ0) is 15.4. The molecule has 0 bridgehead atoms. The van der Waals surface area contributed by atoms with E-state index in [9.17, 15) is 4.79 Å². The second-order valence-corrected chi connectivity index (χ2v) is 5.17. The van der Waals surface area contributed by atoms with Gasteiger partial charge in [-0.2, -0.15) is 0 Å². The number of anilines is 2. The van der Waals surface area contributed by atoms with Crippen molar-refractivity contribution in [2.24, 2.45) is 0 Å². The molecule has 22 heavy (non-hydrogen) atoms. The Balaban J connectivity index is 1.69. The van der Waals surface area contributed by atoms with E-state index < -0.39 is 0 Å². The van der Waals surface area contributed by atoms with E-state index >= 15 is 0 Å². The van der Waals surface area contributed by atoms with Gasteiger partial charge in [0.2, 0.25) is 5.91 Å². The molecule has 3 rings (SSSR count). The van der Waals surface area contributed by atoms with Gasteiger partial charge in [0.15, 0.2) is 0 Å². The predicted molar refractivity (Wildman–Crippen MR) is 90.3 cm³/mol. The molecule has 3 aromatic rings. The van der Waals surface area contributed by atoms with Crippen molar-refractivity contribution < 1.29 is 4.79 Å². The summed E-state index contributed by atoms with van der Waals surface area (Å²) >= 11 is 6.02.